The Morgan fingerprint density at radius 2 is 1.17 bits per heavy atom. The van der Waals surface area contributed by atoms with Gasteiger partial charge in [0.25, 0.3) is 0 Å². The number of carbonyl (C=O) groups excluding carboxylic acids is 2. The predicted octanol–water partition coefficient (Wildman–Crippen LogP) is 4.17. The van der Waals surface area contributed by atoms with Gasteiger partial charge in [0.05, 0.1) is 18.1 Å². The average molecular weight is 485 g/mol. The maximum absolute atomic E-state index is 12.7. The maximum Gasteiger partial charge on any atom is 0.339 e. The van der Waals surface area contributed by atoms with Crippen molar-refractivity contribution in [2.75, 3.05) is 19.4 Å². The second-order valence-corrected chi connectivity index (χ2v) is 11.5. The molecular weight excluding hydrogens is 457 g/mol. The van der Waals surface area contributed by atoms with Gasteiger partial charge in [-0.3, -0.25) is 9.78 Å². The highest BCUT2D eigenvalue weighted by Gasteiger charge is 2.45. The molecule has 0 fully saturated rings. The first kappa shape index (κ1) is 24.3. The van der Waals surface area contributed by atoms with Crippen molar-refractivity contribution in [3.63, 3.8) is 0 Å². The third-order valence-corrected chi connectivity index (χ3v) is 10.2. The average Bonchev–Trinajstić information content (AvgIpc) is 2.93. The summed E-state index contributed by atoms with van der Waals surface area (Å²) in [6.07, 6.45) is 3.91. The number of aromatic nitrogens is 1. The second-order valence-electron chi connectivity index (χ2n) is 7.89. The monoisotopic (exact) mass is 484 g/mol. The van der Waals surface area contributed by atoms with Gasteiger partial charge in [-0.25, -0.2) is 4.79 Å². The van der Waals surface area contributed by atoms with E-state index < -0.39 is 13.2 Å². The van der Waals surface area contributed by atoms with Crippen LogP contribution in [0.2, 0.25) is 0 Å². The van der Waals surface area contributed by atoms with E-state index in [9.17, 15) is 9.59 Å². The summed E-state index contributed by atoms with van der Waals surface area (Å²) >= 11 is 0. The van der Waals surface area contributed by atoms with E-state index in [4.69, 9.17) is 9.47 Å². The normalized spacial score (nSPS) is 11.0. The highest BCUT2D eigenvalue weighted by Crippen LogP contribution is 2.55. The van der Waals surface area contributed by atoms with E-state index >= 15 is 0 Å². The highest BCUT2D eigenvalue weighted by atomic mass is 31.2. The first-order chi connectivity index (χ1) is 17.2. The Bertz CT molecular complexity index is 1120. The Balaban J connectivity index is 1.47. The van der Waals surface area contributed by atoms with E-state index in [0.29, 0.717) is 11.7 Å². The SMILES string of the molecule is O=C(CC[P+](c1ccccc1)(c1ccccc1)c1ccccc1)OCCOC(=O)c1cccnc1. The smallest absolute Gasteiger partial charge is 0.339 e. The van der Waals surface area contributed by atoms with Crippen LogP contribution in [0.3, 0.4) is 0 Å². The lowest BCUT2D eigenvalue weighted by atomic mass is 10.3. The molecule has 0 amide bonds. The van der Waals surface area contributed by atoms with Crippen molar-refractivity contribution >= 4 is 35.1 Å². The molecular formula is C29H27NO4P+. The zero-order chi connectivity index (χ0) is 24.3. The third kappa shape index (κ3) is 6.00. The number of rotatable bonds is 10. The summed E-state index contributed by atoms with van der Waals surface area (Å²) in [7, 11) is -2.10. The largest absolute Gasteiger partial charge is 0.462 e. The molecule has 4 rings (SSSR count). The highest BCUT2D eigenvalue weighted by molar-refractivity contribution is 7.95. The molecule has 5 nitrogen and oxygen atoms in total. The van der Waals surface area contributed by atoms with Gasteiger partial charge in [-0.05, 0) is 48.5 Å². The minimum Gasteiger partial charge on any atom is -0.462 e. The summed E-state index contributed by atoms with van der Waals surface area (Å²) < 4.78 is 10.6. The molecule has 1 heterocycles. The fraction of sp³-hybridized carbons (Fsp3) is 0.138. The number of pyridine rings is 1. The van der Waals surface area contributed by atoms with E-state index in [2.05, 4.69) is 41.4 Å². The molecule has 0 aliphatic rings. The fourth-order valence-electron chi connectivity index (χ4n) is 4.07. The molecule has 0 unspecified atom stereocenters. The predicted molar refractivity (Wildman–Crippen MR) is 140 cm³/mol. The molecule has 0 bridgehead atoms. The lowest BCUT2D eigenvalue weighted by Crippen LogP contribution is -2.34. The zero-order valence-corrected chi connectivity index (χ0v) is 20.2. The molecule has 0 saturated carbocycles. The summed E-state index contributed by atoms with van der Waals surface area (Å²) in [6, 6.07) is 34.5. The van der Waals surface area contributed by atoms with Gasteiger partial charge in [0, 0.05) is 12.4 Å². The van der Waals surface area contributed by atoms with Crippen molar-refractivity contribution < 1.29 is 19.1 Å². The first-order valence-corrected chi connectivity index (χ1v) is 13.5. The van der Waals surface area contributed by atoms with Crippen LogP contribution in [0.5, 0.6) is 0 Å². The number of esters is 2. The maximum atomic E-state index is 12.7. The summed E-state index contributed by atoms with van der Waals surface area (Å²) in [4.78, 5) is 28.7. The van der Waals surface area contributed by atoms with Crippen LogP contribution >= 0.6 is 7.26 Å². The van der Waals surface area contributed by atoms with Crippen LogP contribution in [0, 0.1) is 0 Å². The van der Waals surface area contributed by atoms with E-state index in [1.54, 1.807) is 18.3 Å². The molecule has 4 aromatic rings. The van der Waals surface area contributed by atoms with Gasteiger partial charge in [-0.2, -0.15) is 0 Å². The number of nitrogens with zero attached hydrogens (tertiary/aromatic N) is 1. The van der Waals surface area contributed by atoms with Crippen LogP contribution in [-0.4, -0.2) is 36.3 Å². The molecule has 176 valence electrons. The summed E-state index contributed by atoms with van der Waals surface area (Å²) in [6.45, 7) is 0.00804. The van der Waals surface area contributed by atoms with Crippen LogP contribution in [0.15, 0.2) is 116 Å². The van der Waals surface area contributed by atoms with Crippen molar-refractivity contribution in [2.24, 2.45) is 0 Å². The standard InChI is InChI=1S/C29H27NO4P/c31-28(33-20-21-34-29(32)24-11-10-19-30-23-24)18-22-35(25-12-4-1-5-13-25,26-14-6-2-7-15-26)27-16-8-3-9-17-27/h1-17,19,23H,18,20-22H2/q+1. The Labute approximate surface area is 206 Å². The fourth-order valence-corrected chi connectivity index (χ4v) is 8.30. The topological polar surface area (TPSA) is 65.5 Å². The summed E-state index contributed by atoms with van der Waals surface area (Å²) in [5.41, 5.74) is 0.363. The molecule has 0 spiro atoms. The van der Waals surface area contributed by atoms with Crippen molar-refractivity contribution in [3.8, 4) is 0 Å². The molecule has 35 heavy (non-hydrogen) atoms. The lowest BCUT2D eigenvalue weighted by Gasteiger charge is -2.27. The van der Waals surface area contributed by atoms with Crippen LogP contribution in [-0.2, 0) is 14.3 Å². The lowest BCUT2D eigenvalue weighted by molar-refractivity contribution is -0.144. The van der Waals surface area contributed by atoms with Crippen LogP contribution in [0.1, 0.15) is 16.8 Å². The first-order valence-electron chi connectivity index (χ1n) is 11.5. The molecule has 1 aromatic heterocycles. The van der Waals surface area contributed by atoms with Gasteiger partial charge in [0.2, 0.25) is 0 Å². The van der Waals surface area contributed by atoms with Crippen molar-refractivity contribution in [2.45, 2.75) is 6.42 Å². The minimum atomic E-state index is -2.10. The number of ether oxygens (including phenoxy) is 2. The van der Waals surface area contributed by atoms with Gasteiger partial charge in [0.15, 0.2) is 0 Å². The van der Waals surface area contributed by atoms with Gasteiger partial charge in [-0.15, -0.1) is 0 Å². The van der Waals surface area contributed by atoms with Gasteiger partial charge in [-0.1, -0.05) is 54.6 Å². The van der Waals surface area contributed by atoms with Crippen LogP contribution < -0.4 is 15.9 Å². The van der Waals surface area contributed by atoms with E-state index in [1.807, 2.05) is 54.6 Å². The Hall–Kier alpha value is -3.82. The Morgan fingerprint density at radius 1 is 0.657 bits per heavy atom. The number of benzene rings is 3. The van der Waals surface area contributed by atoms with E-state index in [0.717, 1.165) is 0 Å². The van der Waals surface area contributed by atoms with Crippen molar-refractivity contribution in [3.05, 3.63) is 121 Å². The minimum absolute atomic E-state index is 0.00416. The molecule has 0 radical (unpaired) electrons. The molecule has 0 N–H and O–H groups in total. The number of carbonyl (C=O) groups is 2. The van der Waals surface area contributed by atoms with Crippen molar-refractivity contribution in [1.82, 2.24) is 4.98 Å². The second kappa shape index (κ2) is 12.0. The molecule has 0 aliphatic heterocycles. The van der Waals surface area contributed by atoms with Crippen LogP contribution in [0.4, 0.5) is 0 Å². The number of hydrogen-bond acceptors (Lipinski definition) is 5. The van der Waals surface area contributed by atoms with Gasteiger partial charge >= 0.3 is 11.9 Å². The molecule has 6 heteroatoms. The number of hydrogen-bond donors (Lipinski definition) is 0. The quantitative estimate of drug-likeness (QED) is 0.192. The molecule has 0 atom stereocenters. The summed E-state index contributed by atoms with van der Waals surface area (Å²) in [5.74, 6) is -0.800. The summed E-state index contributed by atoms with van der Waals surface area (Å²) in [5, 5.41) is 3.65. The Morgan fingerprint density at radius 3 is 1.66 bits per heavy atom. The van der Waals surface area contributed by atoms with Crippen LogP contribution in [0.25, 0.3) is 0 Å². The third-order valence-electron chi connectivity index (χ3n) is 5.72. The molecule has 0 aliphatic carbocycles. The zero-order valence-electron chi connectivity index (χ0n) is 19.3. The van der Waals surface area contributed by atoms with E-state index in [1.165, 1.54) is 22.1 Å². The van der Waals surface area contributed by atoms with Gasteiger partial charge in [0.1, 0.15) is 36.4 Å². The molecule has 3 aromatic carbocycles. The Kier molecular flexibility index (Phi) is 8.37. The van der Waals surface area contributed by atoms with E-state index in [-0.39, 0.29) is 25.6 Å². The van der Waals surface area contributed by atoms with Crippen molar-refractivity contribution in [1.29, 1.82) is 0 Å². The van der Waals surface area contributed by atoms with Gasteiger partial charge < -0.3 is 9.47 Å². The molecule has 0 saturated heterocycles.